The van der Waals surface area contributed by atoms with Crippen molar-refractivity contribution in [3.8, 4) is 0 Å². The van der Waals surface area contributed by atoms with Crippen LogP contribution >= 0.6 is 0 Å². The quantitative estimate of drug-likeness (QED) is 0.261. The number of hydrogen-bond donors (Lipinski definition) is 1. The van der Waals surface area contributed by atoms with Crippen molar-refractivity contribution in [2.24, 2.45) is 0 Å². The largest absolute Gasteiger partial charge is 1.00 e. The number of rotatable bonds is 11. The minimum Gasteiger partial charge on any atom is -1.00 e. The van der Waals surface area contributed by atoms with Gasteiger partial charge in [-0.25, -0.2) is 0 Å². The van der Waals surface area contributed by atoms with Gasteiger partial charge in [0.05, 0.1) is 45.8 Å². The van der Waals surface area contributed by atoms with Crippen LogP contribution in [0.1, 0.15) is 74.1 Å². The zero-order chi connectivity index (χ0) is 15.9. The first-order valence-electron chi connectivity index (χ1n) is 9.28. The van der Waals surface area contributed by atoms with E-state index >= 15 is 0 Å². The fourth-order valence-corrected chi connectivity index (χ4v) is 2.77. The van der Waals surface area contributed by atoms with E-state index in [2.05, 4.69) is 48.5 Å². The third-order valence-corrected chi connectivity index (χ3v) is 5.00. The van der Waals surface area contributed by atoms with E-state index in [1.165, 1.54) is 76.0 Å². The molecule has 0 aromatic heterocycles. The van der Waals surface area contributed by atoms with Gasteiger partial charge in [0.2, 0.25) is 0 Å². The summed E-state index contributed by atoms with van der Waals surface area (Å²) in [5.41, 5.74) is 0. The zero-order valence-electron chi connectivity index (χ0n) is 16.5. The van der Waals surface area contributed by atoms with E-state index in [-0.39, 0.29) is 34.0 Å². The fraction of sp³-hybridized carbons (Fsp3) is 1.00. The topological polar surface area (TPSA) is 4.44 Å². The van der Waals surface area contributed by atoms with Crippen LogP contribution in [0.3, 0.4) is 0 Å². The lowest BCUT2D eigenvalue weighted by Crippen LogP contribution is -3.11. The zero-order valence-corrected chi connectivity index (χ0v) is 19.7. The second-order valence-corrected chi connectivity index (χ2v) is 5.89. The molecular formula is C18H44Br2N2. The molecule has 22 heavy (non-hydrogen) atoms. The smallest absolute Gasteiger partial charge is 0.0786 e. The molecule has 0 aromatic rings. The van der Waals surface area contributed by atoms with E-state index < -0.39 is 0 Å². The van der Waals surface area contributed by atoms with E-state index in [1.807, 2.05) is 0 Å². The standard InChI is InChI=1S/C12H28N.C6H15N.2BrH/c1-5-9-10-11-12-13(6-2,7-3)8-4;1-4-7(5-2)6-3;;/h5-12H2,1-4H3;4-6H2,1-3H3;2*1H/q+1;;;/p-1. The summed E-state index contributed by atoms with van der Waals surface area (Å²) in [5.74, 6) is 0. The third-order valence-electron chi connectivity index (χ3n) is 5.00. The number of halogens is 2. The summed E-state index contributed by atoms with van der Waals surface area (Å²) in [6.07, 6.45) is 5.61. The maximum absolute atomic E-state index is 2.33. The highest BCUT2D eigenvalue weighted by molar-refractivity contribution is 4.43. The van der Waals surface area contributed by atoms with Gasteiger partial charge in [-0.15, -0.1) is 0 Å². The summed E-state index contributed by atoms with van der Waals surface area (Å²) in [5, 5.41) is 0. The molecule has 140 valence electrons. The maximum atomic E-state index is 2.33. The van der Waals surface area contributed by atoms with Gasteiger partial charge in [-0.05, 0) is 54.4 Å². The van der Waals surface area contributed by atoms with Gasteiger partial charge in [-0.3, -0.25) is 0 Å². The molecule has 4 heteroatoms. The molecule has 2 nitrogen and oxygen atoms in total. The van der Waals surface area contributed by atoms with E-state index in [4.69, 9.17) is 0 Å². The summed E-state index contributed by atoms with van der Waals surface area (Å²) in [6, 6.07) is 0. The molecule has 0 radical (unpaired) electrons. The van der Waals surface area contributed by atoms with Crippen LogP contribution in [-0.4, -0.2) is 50.3 Å². The average molecular weight is 448 g/mol. The number of unbranched alkanes of at least 4 members (excludes halogenated alkanes) is 3. The van der Waals surface area contributed by atoms with Gasteiger partial charge < -0.3 is 43.3 Å². The molecular weight excluding hydrogens is 404 g/mol. The molecule has 0 unspecified atom stereocenters. The van der Waals surface area contributed by atoms with Gasteiger partial charge in [0.25, 0.3) is 0 Å². The maximum Gasteiger partial charge on any atom is 0.0786 e. The van der Waals surface area contributed by atoms with Crippen LogP contribution in [0, 0.1) is 0 Å². The Morgan fingerprint density at radius 3 is 1.23 bits per heavy atom. The van der Waals surface area contributed by atoms with Crippen molar-refractivity contribution in [1.82, 2.24) is 0 Å². The van der Waals surface area contributed by atoms with Gasteiger partial charge in [0, 0.05) is 0 Å². The second-order valence-electron chi connectivity index (χ2n) is 5.89. The van der Waals surface area contributed by atoms with Crippen molar-refractivity contribution in [3.63, 3.8) is 0 Å². The van der Waals surface area contributed by atoms with E-state index in [9.17, 15) is 0 Å². The Kier molecular flexibility index (Phi) is 30.6. The summed E-state index contributed by atoms with van der Waals surface area (Å²) >= 11 is 0. The highest BCUT2D eigenvalue weighted by Crippen LogP contribution is 2.10. The molecule has 0 saturated carbocycles. The summed E-state index contributed by atoms with van der Waals surface area (Å²) < 4.78 is 1.32. The minimum absolute atomic E-state index is 0. The number of nitrogens with one attached hydrogen (secondary N) is 1. The molecule has 0 atom stereocenters. The fourth-order valence-electron chi connectivity index (χ4n) is 2.77. The Balaban J connectivity index is -0.000000156. The highest BCUT2D eigenvalue weighted by atomic mass is 79.9. The molecule has 0 rings (SSSR count). The Morgan fingerprint density at radius 1 is 0.591 bits per heavy atom. The average Bonchev–Trinajstić information content (AvgIpc) is 2.51. The predicted molar refractivity (Wildman–Crippen MR) is 93.5 cm³/mol. The third kappa shape index (κ3) is 15.8. The first-order valence-corrected chi connectivity index (χ1v) is 9.28. The van der Waals surface area contributed by atoms with Crippen LogP contribution in [0.2, 0.25) is 0 Å². The molecule has 1 N–H and O–H groups in total. The Morgan fingerprint density at radius 2 is 1.00 bits per heavy atom. The van der Waals surface area contributed by atoms with Gasteiger partial charge in [0.15, 0.2) is 0 Å². The first kappa shape index (κ1) is 30.7. The molecule has 0 aliphatic carbocycles. The first-order chi connectivity index (χ1) is 9.59. The Hall–Kier alpha value is 0.880. The van der Waals surface area contributed by atoms with Crippen LogP contribution in [0.25, 0.3) is 0 Å². The molecule has 0 saturated heterocycles. The highest BCUT2D eigenvalue weighted by Gasteiger charge is 2.19. The SMILES string of the molecule is CCCCCC[N+](CC)(CC)CC.CC[NH+](CC)CC.[Br-].[Br-]. The van der Waals surface area contributed by atoms with Gasteiger partial charge >= 0.3 is 0 Å². The summed E-state index contributed by atoms with van der Waals surface area (Å²) in [7, 11) is 0. The van der Waals surface area contributed by atoms with Crippen LogP contribution in [0.4, 0.5) is 0 Å². The van der Waals surface area contributed by atoms with Crippen molar-refractivity contribution in [2.75, 3.05) is 45.8 Å². The molecule has 0 aromatic carbocycles. The van der Waals surface area contributed by atoms with E-state index in [0.717, 1.165) is 0 Å². The molecule has 0 aliphatic heterocycles. The van der Waals surface area contributed by atoms with Gasteiger partial charge in [-0.1, -0.05) is 19.8 Å². The number of hydrogen-bond acceptors (Lipinski definition) is 0. The summed E-state index contributed by atoms with van der Waals surface area (Å²) in [4.78, 5) is 1.68. The number of quaternary nitrogens is 2. The van der Waals surface area contributed by atoms with Crippen molar-refractivity contribution in [1.29, 1.82) is 0 Å². The van der Waals surface area contributed by atoms with Crippen LogP contribution < -0.4 is 38.9 Å². The van der Waals surface area contributed by atoms with Crippen LogP contribution in [0.5, 0.6) is 0 Å². The van der Waals surface area contributed by atoms with E-state index in [1.54, 1.807) is 4.90 Å². The van der Waals surface area contributed by atoms with Gasteiger partial charge in [0.1, 0.15) is 0 Å². The molecule has 0 aliphatic rings. The Bertz CT molecular complexity index is 168. The Labute approximate surface area is 163 Å². The van der Waals surface area contributed by atoms with Crippen molar-refractivity contribution < 1.29 is 43.3 Å². The predicted octanol–water partition coefficient (Wildman–Crippen LogP) is -2.62. The molecule has 0 fully saturated rings. The molecule has 0 bridgehead atoms. The lowest BCUT2D eigenvalue weighted by molar-refractivity contribution is -0.923. The monoisotopic (exact) mass is 446 g/mol. The lowest BCUT2D eigenvalue weighted by atomic mass is 10.2. The molecule has 0 amide bonds. The van der Waals surface area contributed by atoms with Crippen LogP contribution in [-0.2, 0) is 0 Å². The van der Waals surface area contributed by atoms with Crippen molar-refractivity contribution in [2.45, 2.75) is 74.1 Å². The summed E-state index contributed by atoms with van der Waals surface area (Å²) in [6.45, 7) is 25.1. The number of nitrogens with zero attached hydrogens (tertiary/aromatic N) is 1. The van der Waals surface area contributed by atoms with Gasteiger partial charge in [-0.2, -0.15) is 0 Å². The minimum atomic E-state index is 0. The van der Waals surface area contributed by atoms with Crippen LogP contribution in [0.15, 0.2) is 0 Å². The van der Waals surface area contributed by atoms with Crippen molar-refractivity contribution >= 4 is 0 Å². The van der Waals surface area contributed by atoms with Crippen molar-refractivity contribution in [3.05, 3.63) is 0 Å². The lowest BCUT2D eigenvalue weighted by Gasteiger charge is -2.35. The second kappa shape index (κ2) is 21.9. The molecule has 0 heterocycles. The normalized spacial score (nSPS) is 10.4. The molecule has 0 spiro atoms. The van der Waals surface area contributed by atoms with E-state index in [0.29, 0.717) is 0 Å².